The van der Waals surface area contributed by atoms with Gasteiger partial charge in [-0.25, -0.2) is 19.6 Å². The average Bonchev–Trinajstić information content (AvgIpc) is 3.01. The number of benzene rings is 2. The molecule has 0 aliphatic carbocycles. The fraction of sp³-hybridized carbons (Fsp3) is 0.182. The second-order valence-corrected chi connectivity index (χ2v) is 9.60. The maximum Gasteiger partial charge on any atom is 0.270 e. The zero-order valence-corrected chi connectivity index (χ0v) is 18.6. The largest absolute Gasteiger partial charge is 0.588 e. The van der Waals surface area contributed by atoms with Gasteiger partial charge in [-0.3, -0.25) is 9.59 Å². The van der Waals surface area contributed by atoms with Gasteiger partial charge in [-0.05, 0) is 41.3 Å². The molecule has 7 nitrogen and oxygen atoms in total. The minimum atomic E-state index is -1.66. The highest BCUT2D eigenvalue weighted by Gasteiger charge is 2.42. The van der Waals surface area contributed by atoms with Crippen molar-refractivity contribution in [2.45, 2.75) is 31.1 Å². The SMILES string of the molecule is CC(C)(C)c1ccc([S+]([O-])Nc2ccc(Cl)c3c2C(=O)N(c2ncccn2)C3=O)cc1. The molecule has 1 aromatic heterocycles. The molecule has 0 bridgehead atoms. The van der Waals surface area contributed by atoms with Gasteiger partial charge in [-0.2, -0.15) is 0 Å². The zero-order chi connectivity index (χ0) is 22.3. The maximum absolute atomic E-state index is 13.1. The van der Waals surface area contributed by atoms with E-state index in [1.54, 1.807) is 18.2 Å². The van der Waals surface area contributed by atoms with Crippen LogP contribution in [-0.2, 0) is 16.8 Å². The van der Waals surface area contributed by atoms with E-state index in [4.69, 9.17) is 11.6 Å². The highest BCUT2D eigenvalue weighted by atomic mass is 35.5. The standard InChI is InChI=1S/C22H19ClN4O3S/c1-22(2,3)13-5-7-14(8-6-13)31(30)26-16-10-9-15(23)17-18(16)20(29)27(19(17)28)21-24-11-4-12-25-21/h4-12,26H,1-3H3. The van der Waals surface area contributed by atoms with Crippen LogP contribution in [0.5, 0.6) is 0 Å². The molecule has 9 heteroatoms. The van der Waals surface area contributed by atoms with Gasteiger partial charge in [0.25, 0.3) is 11.8 Å². The van der Waals surface area contributed by atoms with Crippen molar-refractivity contribution >= 4 is 46.4 Å². The van der Waals surface area contributed by atoms with Crippen LogP contribution in [0.25, 0.3) is 0 Å². The number of hydrogen-bond acceptors (Lipinski definition) is 6. The van der Waals surface area contributed by atoms with E-state index in [0.29, 0.717) is 4.90 Å². The summed E-state index contributed by atoms with van der Waals surface area (Å²) in [6, 6.07) is 12.0. The van der Waals surface area contributed by atoms with Crippen LogP contribution in [0.2, 0.25) is 5.02 Å². The number of carbonyl (C=O) groups excluding carboxylic acids is 2. The summed E-state index contributed by atoms with van der Waals surface area (Å²) in [5, 5.41) is 0.123. The number of rotatable bonds is 4. The van der Waals surface area contributed by atoms with Gasteiger partial charge < -0.3 is 4.55 Å². The fourth-order valence-electron chi connectivity index (χ4n) is 3.24. The van der Waals surface area contributed by atoms with Crippen LogP contribution in [0.3, 0.4) is 0 Å². The fourth-order valence-corrected chi connectivity index (χ4v) is 4.34. The number of aromatic nitrogens is 2. The number of hydrogen-bond donors (Lipinski definition) is 1. The van der Waals surface area contributed by atoms with Crippen LogP contribution in [0, 0.1) is 0 Å². The summed E-state index contributed by atoms with van der Waals surface area (Å²) < 4.78 is 15.8. The molecule has 31 heavy (non-hydrogen) atoms. The Morgan fingerprint density at radius 1 is 0.968 bits per heavy atom. The Morgan fingerprint density at radius 3 is 2.19 bits per heavy atom. The van der Waals surface area contributed by atoms with Crippen LogP contribution in [0.4, 0.5) is 11.6 Å². The maximum atomic E-state index is 13.1. The highest BCUT2D eigenvalue weighted by molar-refractivity contribution is 7.92. The number of nitrogens with one attached hydrogen (secondary N) is 1. The minimum Gasteiger partial charge on any atom is -0.588 e. The van der Waals surface area contributed by atoms with Crippen molar-refractivity contribution in [1.29, 1.82) is 0 Å². The summed E-state index contributed by atoms with van der Waals surface area (Å²) in [6.45, 7) is 6.29. The molecule has 2 heterocycles. The number of amides is 2. The predicted molar refractivity (Wildman–Crippen MR) is 120 cm³/mol. The molecule has 1 aliphatic rings. The molecule has 0 saturated carbocycles. The van der Waals surface area contributed by atoms with Crippen LogP contribution in [0.1, 0.15) is 47.1 Å². The van der Waals surface area contributed by atoms with Gasteiger partial charge in [0.05, 0.1) is 21.8 Å². The van der Waals surface area contributed by atoms with Gasteiger partial charge in [0, 0.05) is 12.4 Å². The Hall–Kier alpha value is -2.94. The molecule has 3 aromatic rings. The van der Waals surface area contributed by atoms with E-state index < -0.39 is 23.2 Å². The van der Waals surface area contributed by atoms with Crippen molar-refractivity contribution in [3.8, 4) is 0 Å². The first kappa shape index (κ1) is 21.3. The summed E-state index contributed by atoms with van der Waals surface area (Å²) in [5.41, 5.74) is 1.41. The van der Waals surface area contributed by atoms with Crippen molar-refractivity contribution in [3.05, 3.63) is 76.6 Å². The lowest BCUT2D eigenvalue weighted by Gasteiger charge is -2.19. The molecular formula is C22H19ClN4O3S. The van der Waals surface area contributed by atoms with E-state index in [0.717, 1.165) is 10.5 Å². The predicted octanol–water partition coefficient (Wildman–Crippen LogP) is 4.36. The molecule has 1 atom stereocenters. The molecule has 0 saturated heterocycles. The van der Waals surface area contributed by atoms with Gasteiger partial charge in [0.1, 0.15) is 11.4 Å². The lowest BCUT2D eigenvalue weighted by atomic mass is 9.87. The van der Waals surface area contributed by atoms with Gasteiger partial charge in [0.2, 0.25) is 5.95 Å². The van der Waals surface area contributed by atoms with Crippen LogP contribution in [0.15, 0.2) is 59.8 Å². The van der Waals surface area contributed by atoms with E-state index in [1.165, 1.54) is 24.5 Å². The molecule has 4 rings (SSSR count). The molecule has 158 valence electrons. The van der Waals surface area contributed by atoms with Gasteiger partial charge in [-0.15, -0.1) is 0 Å². The quantitative estimate of drug-likeness (QED) is 0.464. The van der Waals surface area contributed by atoms with Crippen molar-refractivity contribution in [2.24, 2.45) is 0 Å². The Kier molecular flexibility index (Phi) is 5.47. The Labute approximate surface area is 187 Å². The summed E-state index contributed by atoms with van der Waals surface area (Å²) in [6.07, 6.45) is 2.87. The molecule has 2 aromatic carbocycles. The van der Waals surface area contributed by atoms with Crippen molar-refractivity contribution in [3.63, 3.8) is 0 Å². The van der Waals surface area contributed by atoms with Crippen molar-refractivity contribution in [1.82, 2.24) is 9.97 Å². The summed E-state index contributed by atoms with van der Waals surface area (Å²) in [5.74, 6) is -1.30. The number of nitrogens with zero attached hydrogens (tertiary/aromatic N) is 3. The molecule has 1 N–H and O–H groups in total. The first-order valence-corrected chi connectivity index (χ1v) is 11.0. The Morgan fingerprint density at radius 2 is 1.58 bits per heavy atom. The highest BCUT2D eigenvalue weighted by Crippen LogP contribution is 2.37. The molecule has 1 unspecified atom stereocenters. The lowest BCUT2D eigenvalue weighted by Crippen LogP contribution is -2.31. The third-order valence-corrected chi connectivity index (χ3v) is 6.30. The van der Waals surface area contributed by atoms with Gasteiger partial charge in [-0.1, -0.05) is 44.5 Å². The molecule has 0 fully saturated rings. The van der Waals surface area contributed by atoms with E-state index in [9.17, 15) is 14.1 Å². The van der Waals surface area contributed by atoms with Crippen LogP contribution in [-0.4, -0.2) is 26.3 Å². The third kappa shape index (κ3) is 3.89. The summed E-state index contributed by atoms with van der Waals surface area (Å²) >= 11 is 4.57. The van der Waals surface area contributed by atoms with Crippen LogP contribution < -0.4 is 9.62 Å². The monoisotopic (exact) mass is 454 g/mol. The number of fused-ring (bicyclic) bond motifs is 1. The molecule has 0 radical (unpaired) electrons. The number of halogens is 1. The average molecular weight is 455 g/mol. The van der Waals surface area contributed by atoms with E-state index in [1.807, 2.05) is 12.1 Å². The van der Waals surface area contributed by atoms with Gasteiger partial charge in [0.15, 0.2) is 4.90 Å². The second kappa shape index (κ2) is 7.96. The van der Waals surface area contributed by atoms with E-state index >= 15 is 0 Å². The summed E-state index contributed by atoms with van der Waals surface area (Å²) in [4.78, 5) is 35.4. The normalized spacial score (nSPS) is 14.5. The minimum absolute atomic E-state index is 0.0276. The number of anilines is 2. The Balaban J connectivity index is 1.67. The summed E-state index contributed by atoms with van der Waals surface area (Å²) in [7, 11) is 0. The topological polar surface area (TPSA) is 98.2 Å². The Bertz CT molecular complexity index is 1160. The van der Waals surface area contributed by atoms with Gasteiger partial charge >= 0.3 is 0 Å². The molecule has 1 aliphatic heterocycles. The third-order valence-electron chi connectivity index (χ3n) is 4.88. The van der Waals surface area contributed by atoms with Crippen molar-refractivity contribution in [2.75, 3.05) is 9.62 Å². The number of carbonyl (C=O) groups is 2. The number of imide groups is 1. The molecule has 2 amide bonds. The van der Waals surface area contributed by atoms with E-state index in [-0.39, 0.29) is 33.2 Å². The van der Waals surface area contributed by atoms with Crippen molar-refractivity contribution < 1.29 is 14.1 Å². The van der Waals surface area contributed by atoms with E-state index in [2.05, 4.69) is 35.5 Å². The first-order chi connectivity index (χ1) is 14.7. The first-order valence-electron chi connectivity index (χ1n) is 9.46. The lowest BCUT2D eigenvalue weighted by molar-refractivity contribution is 0.0924. The second-order valence-electron chi connectivity index (χ2n) is 7.98. The van der Waals surface area contributed by atoms with Crippen LogP contribution >= 0.6 is 11.6 Å². The smallest absolute Gasteiger partial charge is 0.270 e. The molecular weight excluding hydrogens is 436 g/mol. The zero-order valence-electron chi connectivity index (χ0n) is 17.0. The molecule has 0 spiro atoms.